The van der Waals surface area contributed by atoms with Crippen molar-refractivity contribution in [3.05, 3.63) is 65.2 Å². The highest BCUT2D eigenvalue weighted by Gasteiger charge is 2.12. The molecule has 0 radical (unpaired) electrons. The Morgan fingerprint density at radius 2 is 1.81 bits per heavy atom. The maximum atomic E-state index is 4.99. The van der Waals surface area contributed by atoms with Gasteiger partial charge in [-0.05, 0) is 36.1 Å². The maximum absolute atomic E-state index is 4.99. The lowest BCUT2D eigenvalue weighted by molar-refractivity contribution is 1.13. The van der Waals surface area contributed by atoms with E-state index in [2.05, 4.69) is 78.3 Å². The summed E-state index contributed by atoms with van der Waals surface area (Å²) in [7, 11) is 0. The number of halogens is 1. The Balaban J connectivity index is 2.33. The molecular formula is C19H18BrN. The predicted octanol–water partition coefficient (Wildman–Crippen LogP) is 5.67. The molecule has 0 unspecified atom stereocenters. The van der Waals surface area contributed by atoms with Gasteiger partial charge < -0.3 is 0 Å². The molecule has 0 aliphatic rings. The second-order valence-electron chi connectivity index (χ2n) is 5.29. The number of hydrogen-bond donors (Lipinski definition) is 0. The van der Waals surface area contributed by atoms with Crippen molar-refractivity contribution in [3.8, 4) is 11.3 Å². The van der Waals surface area contributed by atoms with Gasteiger partial charge in [-0.25, -0.2) is 4.98 Å². The number of aromatic nitrogens is 1. The molecule has 21 heavy (non-hydrogen) atoms. The summed E-state index contributed by atoms with van der Waals surface area (Å²) in [6.07, 6.45) is 1.02. The number of para-hydroxylation sites is 1. The van der Waals surface area contributed by atoms with Crippen LogP contribution in [0.1, 0.15) is 23.6 Å². The van der Waals surface area contributed by atoms with E-state index in [1.54, 1.807) is 0 Å². The third-order valence-corrected chi connectivity index (χ3v) is 4.53. The average molecular weight is 340 g/mol. The first-order valence-corrected chi connectivity index (χ1v) is 8.40. The number of nitrogens with zero attached hydrogens (tertiary/aromatic N) is 1. The number of benzene rings is 2. The predicted molar refractivity (Wildman–Crippen MR) is 93.9 cm³/mol. The van der Waals surface area contributed by atoms with Crippen molar-refractivity contribution >= 4 is 26.8 Å². The molecule has 0 bridgehead atoms. The summed E-state index contributed by atoms with van der Waals surface area (Å²) in [5.74, 6) is 0. The van der Waals surface area contributed by atoms with Crippen LogP contribution in [0.15, 0.2) is 48.5 Å². The van der Waals surface area contributed by atoms with Crippen LogP contribution in [-0.4, -0.2) is 4.98 Å². The number of alkyl halides is 1. The molecule has 0 amide bonds. The molecule has 2 heteroatoms. The lowest BCUT2D eigenvalue weighted by Gasteiger charge is -2.13. The number of pyridine rings is 1. The lowest BCUT2D eigenvalue weighted by Crippen LogP contribution is -1.96. The summed E-state index contributed by atoms with van der Waals surface area (Å²) < 4.78 is 0. The Hall–Kier alpha value is -1.67. The van der Waals surface area contributed by atoms with Gasteiger partial charge in [0.25, 0.3) is 0 Å². The Morgan fingerprint density at radius 3 is 2.57 bits per heavy atom. The molecular weight excluding hydrogens is 322 g/mol. The SMILES string of the molecule is CCc1ccccc1-c1nc2c(C)cccc2cc1CBr. The van der Waals surface area contributed by atoms with Crippen LogP contribution in [0.3, 0.4) is 0 Å². The minimum atomic E-state index is 0.817. The van der Waals surface area contributed by atoms with Crippen LogP contribution in [0.5, 0.6) is 0 Å². The first kappa shape index (κ1) is 14.3. The van der Waals surface area contributed by atoms with Crippen LogP contribution < -0.4 is 0 Å². The van der Waals surface area contributed by atoms with Crippen molar-refractivity contribution in [3.63, 3.8) is 0 Å². The molecule has 0 aliphatic carbocycles. The van der Waals surface area contributed by atoms with Gasteiger partial charge in [0.05, 0.1) is 11.2 Å². The second-order valence-corrected chi connectivity index (χ2v) is 5.85. The second kappa shape index (κ2) is 5.98. The summed E-state index contributed by atoms with van der Waals surface area (Å²) in [6, 6.07) is 17.2. The Morgan fingerprint density at radius 1 is 1.00 bits per heavy atom. The standard InChI is InChI=1S/C19H18BrN/c1-3-14-8-4-5-10-17(14)19-16(12-20)11-15-9-6-7-13(2)18(15)21-19/h4-11H,3,12H2,1-2H3. The Labute approximate surface area is 134 Å². The molecule has 2 aromatic carbocycles. The zero-order valence-corrected chi connectivity index (χ0v) is 13.9. The van der Waals surface area contributed by atoms with Gasteiger partial charge in [-0.2, -0.15) is 0 Å². The molecule has 0 saturated heterocycles. The zero-order chi connectivity index (χ0) is 14.8. The first-order valence-electron chi connectivity index (χ1n) is 7.28. The third kappa shape index (κ3) is 2.60. The number of hydrogen-bond acceptors (Lipinski definition) is 1. The molecule has 0 N–H and O–H groups in total. The summed E-state index contributed by atoms with van der Waals surface area (Å²) in [5, 5.41) is 2.03. The molecule has 0 spiro atoms. The minimum absolute atomic E-state index is 0.817. The van der Waals surface area contributed by atoms with Crippen molar-refractivity contribution in [1.82, 2.24) is 4.98 Å². The Bertz CT molecular complexity index is 793. The monoisotopic (exact) mass is 339 g/mol. The molecule has 3 aromatic rings. The fraction of sp³-hybridized carbons (Fsp3) is 0.211. The van der Waals surface area contributed by atoms with E-state index in [9.17, 15) is 0 Å². The molecule has 3 rings (SSSR count). The highest BCUT2D eigenvalue weighted by molar-refractivity contribution is 9.08. The van der Waals surface area contributed by atoms with Gasteiger partial charge in [0.2, 0.25) is 0 Å². The van der Waals surface area contributed by atoms with E-state index < -0.39 is 0 Å². The van der Waals surface area contributed by atoms with Crippen molar-refractivity contribution in [2.75, 3.05) is 0 Å². The van der Waals surface area contributed by atoms with E-state index in [1.165, 1.54) is 27.6 Å². The molecule has 1 heterocycles. The Kier molecular flexibility index (Phi) is 4.07. The van der Waals surface area contributed by atoms with Gasteiger partial charge in [0.1, 0.15) is 0 Å². The fourth-order valence-electron chi connectivity index (χ4n) is 2.79. The van der Waals surface area contributed by atoms with Gasteiger partial charge in [-0.15, -0.1) is 0 Å². The van der Waals surface area contributed by atoms with E-state index in [0.29, 0.717) is 0 Å². The largest absolute Gasteiger partial charge is 0.247 e. The summed E-state index contributed by atoms with van der Waals surface area (Å²) >= 11 is 3.62. The molecule has 0 fully saturated rings. The minimum Gasteiger partial charge on any atom is -0.247 e. The molecule has 0 atom stereocenters. The molecule has 0 aliphatic heterocycles. The fourth-order valence-corrected chi connectivity index (χ4v) is 3.21. The van der Waals surface area contributed by atoms with Gasteiger partial charge in [-0.3, -0.25) is 0 Å². The topological polar surface area (TPSA) is 12.9 Å². The van der Waals surface area contributed by atoms with Crippen LogP contribution in [-0.2, 0) is 11.8 Å². The van der Waals surface area contributed by atoms with Crippen LogP contribution in [0, 0.1) is 6.92 Å². The van der Waals surface area contributed by atoms with Crippen LogP contribution in [0.2, 0.25) is 0 Å². The van der Waals surface area contributed by atoms with Crippen LogP contribution in [0.4, 0.5) is 0 Å². The lowest BCUT2D eigenvalue weighted by atomic mass is 9.97. The van der Waals surface area contributed by atoms with Crippen LogP contribution >= 0.6 is 15.9 Å². The van der Waals surface area contributed by atoms with E-state index in [0.717, 1.165) is 23.0 Å². The molecule has 1 aromatic heterocycles. The van der Waals surface area contributed by atoms with Crippen molar-refractivity contribution in [1.29, 1.82) is 0 Å². The average Bonchev–Trinajstić information content (AvgIpc) is 2.54. The summed E-state index contributed by atoms with van der Waals surface area (Å²) in [5.41, 5.74) is 7.27. The molecule has 106 valence electrons. The quantitative estimate of drug-likeness (QED) is 0.560. The van der Waals surface area contributed by atoms with E-state index in [1.807, 2.05) is 0 Å². The van der Waals surface area contributed by atoms with Crippen molar-refractivity contribution in [2.45, 2.75) is 25.6 Å². The normalized spacial score (nSPS) is 11.0. The van der Waals surface area contributed by atoms with Gasteiger partial charge in [-0.1, -0.05) is 65.3 Å². The smallest absolute Gasteiger partial charge is 0.0753 e. The summed E-state index contributed by atoms with van der Waals surface area (Å²) in [4.78, 5) is 4.99. The van der Waals surface area contributed by atoms with E-state index in [4.69, 9.17) is 4.98 Å². The molecule has 0 saturated carbocycles. The summed E-state index contributed by atoms with van der Waals surface area (Å²) in [6.45, 7) is 4.32. The molecule has 1 nitrogen and oxygen atoms in total. The highest BCUT2D eigenvalue weighted by Crippen LogP contribution is 2.30. The van der Waals surface area contributed by atoms with Crippen molar-refractivity contribution < 1.29 is 0 Å². The number of aryl methyl sites for hydroxylation is 2. The highest BCUT2D eigenvalue weighted by atomic mass is 79.9. The number of rotatable bonds is 3. The van der Waals surface area contributed by atoms with Gasteiger partial charge in [0.15, 0.2) is 0 Å². The van der Waals surface area contributed by atoms with E-state index >= 15 is 0 Å². The van der Waals surface area contributed by atoms with Gasteiger partial charge >= 0.3 is 0 Å². The van der Waals surface area contributed by atoms with Crippen LogP contribution in [0.25, 0.3) is 22.2 Å². The number of fused-ring (bicyclic) bond motifs is 1. The van der Waals surface area contributed by atoms with Crippen molar-refractivity contribution in [2.24, 2.45) is 0 Å². The third-order valence-electron chi connectivity index (χ3n) is 3.92. The maximum Gasteiger partial charge on any atom is 0.0753 e. The van der Waals surface area contributed by atoms with Gasteiger partial charge in [0, 0.05) is 16.3 Å². The first-order chi connectivity index (χ1) is 10.2. The van der Waals surface area contributed by atoms with E-state index in [-0.39, 0.29) is 0 Å². The zero-order valence-electron chi connectivity index (χ0n) is 12.4.